The molecule has 0 atom stereocenters. The van der Waals surface area contributed by atoms with Crippen LogP contribution < -0.4 is 10.6 Å². The number of nitrogens with one attached hydrogen (secondary N) is 2. The molecule has 2 aromatic rings. The Balaban J connectivity index is 1.82. The number of rotatable bonds is 5. The number of carbonyl (C=O) groups excluding carboxylic acids is 2. The molecule has 0 radical (unpaired) electrons. The molecule has 1 fully saturated rings. The van der Waals surface area contributed by atoms with Crippen LogP contribution in [0.5, 0.6) is 0 Å². The van der Waals surface area contributed by atoms with E-state index in [1.165, 1.54) is 29.9 Å². The van der Waals surface area contributed by atoms with Gasteiger partial charge in [-0.2, -0.15) is 0 Å². The predicted octanol–water partition coefficient (Wildman–Crippen LogP) is 5.19. The van der Waals surface area contributed by atoms with Crippen LogP contribution in [0, 0.1) is 5.82 Å². The van der Waals surface area contributed by atoms with Gasteiger partial charge >= 0.3 is 12.0 Å². The average Bonchev–Trinajstić information content (AvgIpc) is 3.06. The zero-order valence-electron chi connectivity index (χ0n) is 15.2. The summed E-state index contributed by atoms with van der Waals surface area (Å²) in [5.41, 5.74) is 1.61. The van der Waals surface area contributed by atoms with E-state index < -0.39 is 5.97 Å². The number of amides is 2. The lowest BCUT2D eigenvalue weighted by Crippen LogP contribution is -2.39. The number of ether oxygens (including phenoxy) is 1. The van der Waals surface area contributed by atoms with Crippen LogP contribution >= 0.6 is 11.3 Å². The number of hydrogen-bond donors (Lipinski definition) is 2. The van der Waals surface area contributed by atoms with Crippen molar-refractivity contribution in [1.29, 1.82) is 0 Å². The third-order valence-corrected chi connectivity index (χ3v) is 5.49. The van der Waals surface area contributed by atoms with Crippen LogP contribution in [0.25, 0.3) is 11.1 Å². The second kappa shape index (κ2) is 8.99. The predicted molar refractivity (Wildman–Crippen MR) is 105 cm³/mol. The van der Waals surface area contributed by atoms with Crippen molar-refractivity contribution in [3.63, 3.8) is 0 Å². The first-order valence-corrected chi connectivity index (χ1v) is 10.1. The molecular formula is C20H23FN2O3S. The van der Waals surface area contributed by atoms with Gasteiger partial charge in [0.25, 0.3) is 0 Å². The first kappa shape index (κ1) is 19.4. The van der Waals surface area contributed by atoms with Crippen LogP contribution in [0.2, 0.25) is 0 Å². The van der Waals surface area contributed by atoms with E-state index in [-0.39, 0.29) is 24.5 Å². The molecule has 2 amide bonds. The normalized spacial score (nSPS) is 14.6. The third-order valence-electron chi connectivity index (χ3n) is 4.59. The van der Waals surface area contributed by atoms with E-state index in [1.807, 2.05) is 0 Å². The summed E-state index contributed by atoms with van der Waals surface area (Å²) in [5, 5.41) is 7.97. The molecule has 1 aromatic carbocycles. The molecule has 1 heterocycles. The maximum Gasteiger partial charge on any atom is 0.341 e. The van der Waals surface area contributed by atoms with Gasteiger partial charge in [0, 0.05) is 17.0 Å². The van der Waals surface area contributed by atoms with Gasteiger partial charge in [0.2, 0.25) is 0 Å². The lowest BCUT2D eigenvalue weighted by atomic mass is 9.96. The molecule has 0 unspecified atom stereocenters. The van der Waals surface area contributed by atoms with Crippen LogP contribution in [0.3, 0.4) is 0 Å². The summed E-state index contributed by atoms with van der Waals surface area (Å²) >= 11 is 1.25. The number of benzene rings is 1. The minimum absolute atomic E-state index is 0.168. The van der Waals surface area contributed by atoms with Crippen molar-refractivity contribution in [2.24, 2.45) is 0 Å². The summed E-state index contributed by atoms with van der Waals surface area (Å²) in [4.78, 5) is 24.9. The van der Waals surface area contributed by atoms with Gasteiger partial charge in [-0.3, -0.25) is 5.32 Å². The van der Waals surface area contributed by atoms with E-state index in [9.17, 15) is 14.0 Å². The summed E-state index contributed by atoms with van der Waals surface area (Å²) < 4.78 is 18.4. The Bertz CT molecular complexity index is 798. The topological polar surface area (TPSA) is 67.4 Å². The Labute approximate surface area is 161 Å². The largest absolute Gasteiger partial charge is 0.462 e. The monoisotopic (exact) mass is 390 g/mol. The fraction of sp³-hybridized carbons (Fsp3) is 0.400. The minimum Gasteiger partial charge on any atom is -0.462 e. The Morgan fingerprint density at radius 1 is 1.19 bits per heavy atom. The highest BCUT2D eigenvalue weighted by molar-refractivity contribution is 7.15. The van der Waals surface area contributed by atoms with Gasteiger partial charge in [-0.15, -0.1) is 11.3 Å². The molecule has 1 aliphatic carbocycles. The molecular weight excluding hydrogens is 367 g/mol. The van der Waals surface area contributed by atoms with E-state index in [0.717, 1.165) is 25.7 Å². The van der Waals surface area contributed by atoms with Gasteiger partial charge in [-0.1, -0.05) is 31.4 Å². The quantitative estimate of drug-likeness (QED) is 0.691. The Morgan fingerprint density at radius 2 is 1.89 bits per heavy atom. The Kier molecular flexibility index (Phi) is 6.45. The standard InChI is InChI=1S/C20H23FN2O3S/c1-2-26-19(24)17-16(13-8-10-14(21)11-9-13)12-27-18(17)23-20(25)22-15-6-4-3-5-7-15/h8-12,15H,2-7H2,1H3,(H2,22,23,25). The summed E-state index contributed by atoms with van der Waals surface area (Å²) in [6.07, 6.45) is 5.39. The molecule has 27 heavy (non-hydrogen) atoms. The SMILES string of the molecule is CCOC(=O)c1c(-c2ccc(F)cc2)csc1NC(=O)NC1CCCCC1. The molecule has 0 spiro atoms. The smallest absolute Gasteiger partial charge is 0.341 e. The molecule has 3 rings (SSSR count). The van der Waals surface area contributed by atoms with Crippen molar-refractivity contribution in [1.82, 2.24) is 5.32 Å². The van der Waals surface area contributed by atoms with E-state index in [1.54, 1.807) is 24.4 Å². The van der Waals surface area contributed by atoms with Gasteiger partial charge in [0.15, 0.2) is 0 Å². The molecule has 0 aliphatic heterocycles. The zero-order chi connectivity index (χ0) is 19.2. The highest BCUT2D eigenvalue weighted by atomic mass is 32.1. The number of halogens is 1. The van der Waals surface area contributed by atoms with Crippen molar-refractivity contribution in [2.45, 2.75) is 45.1 Å². The minimum atomic E-state index is -0.508. The Morgan fingerprint density at radius 3 is 2.56 bits per heavy atom. The number of thiophene rings is 1. The molecule has 144 valence electrons. The van der Waals surface area contributed by atoms with Crippen molar-refractivity contribution in [2.75, 3.05) is 11.9 Å². The molecule has 1 saturated carbocycles. The number of urea groups is 1. The molecule has 5 nitrogen and oxygen atoms in total. The third kappa shape index (κ3) is 4.86. The number of carbonyl (C=O) groups is 2. The van der Waals surface area contributed by atoms with Crippen molar-refractivity contribution < 1.29 is 18.7 Å². The van der Waals surface area contributed by atoms with Crippen molar-refractivity contribution >= 4 is 28.3 Å². The molecule has 2 N–H and O–H groups in total. The van der Waals surface area contributed by atoms with Gasteiger partial charge in [0.1, 0.15) is 16.4 Å². The highest BCUT2D eigenvalue weighted by Crippen LogP contribution is 2.36. The van der Waals surface area contributed by atoms with E-state index in [0.29, 0.717) is 21.7 Å². The highest BCUT2D eigenvalue weighted by Gasteiger charge is 2.24. The fourth-order valence-corrected chi connectivity index (χ4v) is 4.22. The lowest BCUT2D eigenvalue weighted by Gasteiger charge is -2.22. The van der Waals surface area contributed by atoms with Crippen LogP contribution in [0.1, 0.15) is 49.4 Å². The number of hydrogen-bond acceptors (Lipinski definition) is 4. The van der Waals surface area contributed by atoms with Crippen molar-refractivity contribution in [3.8, 4) is 11.1 Å². The van der Waals surface area contributed by atoms with Crippen LogP contribution in [0.15, 0.2) is 29.6 Å². The maximum atomic E-state index is 13.2. The zero-order valence-corrected chi connectivity index (χ0v) is 16.0. The Hall–Kier alpha value is -2.41. The van der Waals surface area contributed by atoms with Gasteiger partial charge in [0.05, 0.1) is 6.61 Å². The lowest BCUT2D eigenvalue weighted by molar-refractivity contribution is 0.0529. The summed E-state index contributed by atoms with van der Waals surface area (Å²) in [6.45, 7) is 1.95. The molecule has 1 aliphatic rings. The van der Waals surface area contributed by atoms with Gasteiger partial charge in [-0.25, -0.2) is 14.0 Å². The van der Waals surface area contributed by atoms with Crippen LogP contribution in [0.4, 0.5) is 14.2 Å². The molecule has 7 heteroatoms. The average molecular weight is 390 g/mol. The fourth-order valence-electron chi connectivity index (χ4n) is 3.27. The number of esters is 1. The van der Waals surface area contributed by atoms with Crippen LogP contribution in [-0.2, 0) is 4.74 Å². The summed E-state index contributed by atoms with van der Waals surface area (Å²) in [7, 11) is 0. The second-order valence-electron chi connectivity index (χ2n) is 6.51. The first-order valence-electron chi connectivity index (χ1n) is 9.20. The van der Waals surface area contributed by atoms with Gasteiger partial charge in [-0.05, 0) is 37.5 Å². The molecule has 1 aromatic heterocycles. The summed E-state index contributed by atoms with van der Waals surface area (Å²) in [5.74, 6) is -0.858. The maximum absolute atomic E-state index is 13.2. The first-order chi connectivity index (χ1) is 13.1. The second-order valence-corrected chi connectivity index (χ2v) is 7.39. The van der Waals surface area contributed by atoms with E-state index in [4.69, 9.17) is 4.74 Å². The van der Waals surface area contributed by atoms with Gasteiger partial charge < -0.3 is 10.1 Å². The molecule has 0 saturated heterocycles. The van der Waals surface area contributed by atoms with E-state index >= 15 is 0 Å². The summed E-state index contributed by atoms with van der Waals surface area (Å²) in [6, 6.07) is 5.73. The molecule has 0 bridgehead atoms. The van der Waals surface area contributed by atoms with E-state index in [2.05, 4.69) is 10.6 Å². The van der Waals surface area contributed by atoms with Crippen molar-refractivity contribution in [3.05, 3.63) is 41.0 Å². The number of anilines is 1. The van der Waals surface area contributed by atoms with Crippen LogP contribution in [-0.4, -0.2) is 24.6 Å².